The van der Waals surface area contributed by atoms with Crippen LogP contribution in [-0.2, 0) is 11.3 Å². The van der Waals surface area contributed by atoms with Gasteiger partial charge in [0.05, 0.1) is 30.3 Å². The van der Waals surface area contributed by atoms with E-state index >= 15 is 0 Å². The van der Waals surface area contributed by atoms with Gasteiger partial charge in [-0.15, -0.1) is 0 Å². The van der Waals surface area contributed by atoms with Crippen molar-refractivity contribution in [2.24, 2.45) is 5.92 Å². The van der Waals surface area contributed by atoms with Crippen LogP contribution in [0.3, 0.4) is 0 Å². The highest BCUT2D eigenvalue weighted by Crippen LogP contribution is 2.24. The van der Waals surface area contributed by atoms with Crippen LogP contribution in [-0.4, -0.2) is 34.4 Å². The molecule has 1 heterocycles. The van der Waals surface area contributed by atoms with Gasteiger partial charge in [0.25, 0.3) is 5.56 Å². The van der Waals surface area contributed by atoms with Crippen LogP contribution in [0.1, 0.15) is 38.2 Å². The Labute approximate surface area is 192 Å². The van der Waals surface area contributed by atoms with Crippen molar-refractivity contribution < 1.29 is 9.53 Å². The molecule has 2 aromatic carbocycles. The number of aromatic nitrogens is 2. The third kappa shape index (κ3) is 5.15. The van der Waals surface area contributed by atoms with E-state index < -0.39 is 0 Å². The summed E-state index contributed by atoms with van der Waals surface area (Å²) in [6.45, 7) is 2.58. The predicted octanol–water partition coefficient (Wildman–Crippen LogP) is 4.24. The minimum absolute atomic E-state index is 0.00726. The molecule has 3 aromatic rings. The van der Waals surface area contributed by atoms with Gasteiger partial charge < -0.3 is 10.1 Å². The quantitative estimate of drug-likeness (QED) is 0.430. The molecular formula is C25H29N3O3S. The Morgan fingerprint density at radius 2 is 1.91 bits per heavy atom. The van der Waals surface area contributed by atoms with E-state index in [0.29, 0.717) is 28.5 Å². The number of carbonyl (C=O) groups is 1. The number of para-hydroxylation sites is 1. The lowest BCUT2D eigenvalue weighted by Gasteiger charge is -2.29. The third-order valence-corrected chi connectivity index (χ3v) is 7.09. The van der Waals surface area contributed by atoms with E-state index in [2.05, 4.69) is 12.2 Å². The van der Waals surface area contributed by atoms with Gasteiger partial charge in [-0.2, -0.15) is 0 Å². The van der Waals surface area contributed by atoms with E-state index in [-0.39, 0.29) is 23.3 Å². The van der Waals surface area contributed by atoms with Crippen LogP contribution < -0.4 is 15.6 Å². The summed E-state index contributed by atoms with van der Waals surface area (Å²) in [7, 11) is 1.63. The van der Waals surface area contributed by atoms with E-state index in [0.717, 1.165) is 30.6 Å². The van der Waals surface area contributed by atoms with E-state index in [1.54, 1.807) is 17.7 Å². The molecular weight excluding hydrogens is 422 g/mol. The number of hydrogen-bond donors (Lipinski definition) is 1. The maximum atomic E-state index is 13.3. The average molecular weight is 452 g/mol. The number of amides is 1. The molecule has 1 aliphatic rings. The molecule has 7 heteroatoms. The maximum Gasteiger partial charge on any atom is 0.262 e. The Morgan fingerprint density at radius 1 is 1.16 bits per heavy atom. The van der Waals surface area contributed by atoms with Crippen LogP contribution >= 0.6 is 11.8 Å². The molecule has 1 amide bonds. The Balaban J connectivity index is 1.56. The van der Waals surface area contributed by atoms with Crippen LogP contribution in [0.4, 0.5) is 0 Å². The van der Waals surface area contributed by atoms with Crippen LogP contribution in [0, 0.1) is 5.92 Å². The summed E-state index contributed by atoms with van der Waals surface area (Å²) in [6.07, 6.45) is 4.59. The zero-order valence-corrected chi connectivity index (χ0v) is 19.4. The van der Waals surface area contributed by atoms with E-state index in [4.69, 9.17) is 9.72 Å². The van der Waals surface area contributed by atoms with Crippen molar-refractivity contribution in [1.82, 2.24) is 14.9 Å². The number of carbonyl (C=O) groups excluding carboxylic acids is 1. The molecule has 0 saturated heterocycles. The first-order valence-corrected chi connectivity index (χ1v) is 12.1. The van der Waals surface area contributed by atoms with Gasteiger partial charge >= 0.3 is 0 Å². The van der Waals surface area contributed by atoms with Gasteiger partial charge in [0.15, 0.2) is 5.16 Å². The highest BCUT2D eigenvalue weighted by molar-refractivity contribution is 7.99. The van der Waals surface area contributed by atoms with Crippen molar-refractivity contribution in [1.29, 1.82) is 0 Å². The van der Waals surface area contributed by atoms with E-state index in [1.807, 2.05) is 42.5 Å². The van der Waals surface area contributed by atoms with Crippen LogP contribution in [0.25, 0.3) is 10.9 Å². The number of nitrogens with zero attached hydrogens (tertiary/aromatic N) is 2. The lowest BCUT2D eigenvalue weighted by molar-refractivity contribution is -0.119. The van der Waals surface area contributed by atoms with Crippen molar-refractivity contribution in [2.75, 3.05) is 12.9 Å². The molecule has 1 N–H and O–H groups in total. The number of ether oxygens (including phenoxy) is 1. The summed E-state index contributed by atoms with van der Waals surface area (Å²) in [6, 6.07) is 15.2. The fraction of sp³-hybridized carbons (Fsp3) is 0.400. The minimum Gasteiger partial charge on any atom is -0.497 e. The first-order chi connectivity index (χ1) is 15.5. The molecule has 0 spiro atoms. The third-order valence-electron chi connectivity index (χ3n) is 6.12. The molecule has 1 aliphatic carbocycles. The fourth-order valence-electron chi connectivity index (χ4n) is 4.22. The van der Waals surface area contributed by atoms with Gasteiger partial charge in [0, 0.05) is 6.04 Å². The summed E-state index contributed by atoms with van der Waals surface area (Å²) < 4.78 is 6.89. The van der Waals surface area contributed by atoms with Gasteiger partial charge in [0.1, 0.15) is 5.75 Å². The van der Waals surface area contributed by atoms with Crippen LogP contribution in [0.5, 0.6) is 5.75 Å². The summed E-state index contributed by atoms with van der Waals surface area (Å²) in [5.41, 5.74) is 1.51. The molecule has 4 rings (SSSR count). The lowest BCUT2D eigenvalue weighted by atomic mass is 9.86. The summed E-state index contributed by atoms with van der Waals surface area (Å²) in [5.74, 6) is 1.49. The molecule has 2 unspecified atom stereocenters. The van der Waals surface area contributed by atoms with Gasteiger partial charge in [-0.3, -0.25) is 14.2 Å². The van der Waals surface area contributed by atoms with Crippen molar-refractivity contribution in [3.05, 3.63) is 64.4 Å². The predicted molar refractivity (Wildman–Crippen MR) is 128 cm³/mol. The smallest absolute Gasteiger partial charge is 0.262 e. The van der Waals surface area contributed by atoms with Crippen molar-refractivity contribution in [2.45, 2.75) is 50.4 Å². The topological polar surface area (TPSA) is 73.2 Å². The van der Waals surface area contributed by atoms with E-state index in [9.17, 15) is 9.59 Å². The first kappa shape index (κ1) is 22.4. The van der Waals surface area contributed by atoms with Crippen molar-refractivity contribution >= 4 is 28.6 Å². The Morgan fingerprint density at radius 3 is 2.66 bits per heavy atom. The molecule has 0 aliphatic heterocycles. The average Bonchev–Trinajstić information content (AvgIpc) is 2.82. The lowest BCUT2D eigenvalue weighted by Crippen LogP contribution is -2.42. The molecule has 32 heavy (non-hydrogen) atoms. The number of hydrogen-bond acceptors (Lipinski definition) is 5. The minimum atomic E-state index is -0.102. The van der Waals surface area contributed by atoms with Gasteiger partial charge in [0.2, 0.25) is 5.91 Å². The fourth-order valence-corrected chi connectivity index (χ4v) is 5.03. The number of benzene rings is 2. The normalized spacial score (nSPS) is 18.4. The molecule has 6 nitrogen and oxygen atoms in total. The zero-order chi connectivity index (χ0) is 22.5. The molecule has 168 valence electrons. The number of methoxy groups -OCH3 is 1. The Bertz CT molecular complexity index is 1140. The second-order valence-corrected chi connectivity index (χ2v) is 9.32. The van der Waals surface area contributed by atoms with Gasteiger partial charge in [-0.05, 0) is 48.6 Å². The van der Waals surface area contributed by atoms with Crippen molar-refractivity contribution in [3.63, 3.8) is 0 Å². The molecule has 0 radical (unpaired) electrons. The monoisotopic (exact) mass is 451 g/mol. The standard InChI is InChI=1S/C25H29N3O3S/c1-17-7-3-5-9-21(17)26-23(29)16-32-25-27-22-10-6-4-8-20(22)24(30)28(25)15-18-11-13-19(31-2)14-12-18/h4,6,8,10-14,17,21H,3,5,7,9,15-16H2,1-2H3,(H,26,29). The number of rotatable bonds is 7. The Kier molecular flexibility index (Phi) is 7.15. The van der Waals surface area contributed by atoms with E-state index in [1.165, 1.54) is 18.2 Å². The maximum absolute atomic E-state index is 13.3. The zero-order valence-electron chi connectivity index (χ0n) is 18.5. The second-order valence-electron chi connectivity index (χ2n) is 8.38. The molecule has 1 fully saturated rings. The molecule has 2 atom stereocenters. The summed E-state index contributed by atoms with van der Waals surface area (Å²) in [5, 5.41) is 4.31. The van der Waals surface area contributed by atoms with Crippen LogP contribution in [0.2, 0.25) is 0 Å². The second kappa shape index (κ2) is 10.2. The molecule has 1 aromatic heterocycles. The molecule has 0 bridgehead atoms. The van der Waals surface area contributed by atoms with Gasteiger partial charge in [-0.25, -0.2) is 4.98 Å². The van der Waals surface area contributed by atoms with Crippen molar-refractivity contribution in [3.8, 4) is 5.75 Å². The number of thioether (sulfide) groups is 1. The molecule has 1 saturated carbocycles. The van der Waals surface area contributed by atoms with Gasteiger partial charge in [-0.1, -0.05) is 55.8 Å². The number of fused-ring (bicyclic) bond motifs is 1. The first-order valence-electron chi connectivity index (χ1n) is 11.1. The Hall–Kier alpha value is -2.80. The highest BCUT2D eigenvalue weighted by atomic mass is 32.2. The number of nitrogens with one attached hydrogen (secondary N) is 1. The van der Waals surface area contributed by atoms with Crippen LogP contribution in [0.15, 0.2) is 58.5 Å². The highest BCUT2D eigenvalue weighted by Gasteiger charge is 2.23. The largest absolute Gasteiger partial charge is 0.497 e. The SMILES string of the molecule is COc1ccc(Cn2c(SCC(=O)NC3CCCCC3C)nc3ccccc3c2=O)cc1. The summed E-state index contributed by atoms with van der Waals surface area (Å²) >= 11 is 1.32. The summed E-state index contributed by atoms with van der Waals surface area (Å²) in [4.78, 5) is 30.6.